The van der Waals surface area contributed by atoms with Crippen molar-refractivity contribution in [3.05, 3.63) is 103 Å². The zero-order chi connectivity index (χ0) is 19.8. The first-order valence-electron chi connectivity index (χ1n) is 9.41. The number of carbonyl (C=O) groups excluding carboxylic acids is 1. The van der Waals surface area contributed by atoms with E-state index in [1.807, 2.05) is 0 Å². The highest BCUT2D eigenvalue weighted by Gasteiger charge is 2.27. The summed E-state index contributed by atoms with van der Waals surface area (Å²) >= 11 is 0. The molecule has 3 aromatic carbocycles. The van der Waals surface area contributed by atoms with Crippen LogP contribution in [0.4, 0.5) is 0 Å². The van der Waals surface area contributed by atoms with E-state index in [1.54, 1.807) is 6.92 Å². The number of aryl methyl sites for hydroxylation is 1. The minimum Gasteiger partial charge on any atom is -0.462 e. The van der Waals surface area contributed by atoms with Crippen LogP contribution in [-0.4, -0.2) is 12.6 Å². The van der Waals surface area contributed by atoms with Gasteiger partial charge in [0, 0.05) is 5.57 Å². The van der Waals surface area contributed by atoms with E-state index in [-0.39, 0.29) is 16.9 Å². The summed E-state index contributed by atoms with van der Waals surface area (Å²) in [4.78, 5) is 15.3. The van der Waals surface area contributed by atoms with Gasteiger partial charge in [-0.3, -0.25) is 0 Å². The van der Waals surface area contributed by atoms with Crippen LogP contribution in [0.2, 0.25) is 0 Å². The number of hydrogen-bond acceptors (Lipinski definition) is 2. The molecule has 0 saturated heterocycles. The molecule has 3 heteroatoms. The Morgan fingerprint density at radius 1 is 0.821 bits per heavy atom. The lowest BCUT2D eigenvalue weighted by atomic mass is 10.1. The summed E-state index contributed by atoms with van der Waals surface area (Å²) in [7, 11) is -0.121. The van der Waals surface area contributed by atoms with Crippen LogP contribution in [0.15, 0.2) is 112 Å². The first kappa shape index (κ1) is 20.0. The van der Waals surface area contributed by atoms with Crippen molar-refractivity contribution in [2.45, 2.75) is 34.5 Å². The number of rotatable bonds is 8. The molecule has 0 aliphatic heterocycles. The van der Waals surface area contributed by atoms with E-state index in [9.17, 15) is 4.79 Å². The normalized spacial score (nSPS) is 10.6. The van der Waals surface area contributed by atoms with Crippen LogP contribution in [0.3, 0.4) is 0 Å². The minimum atomic E-state index is -0.315. The predicted molar refractivity (Wildman–Crippen MR) is 116 cm³/mol. The first-order chi connectivity index (χ1) is 13.6. The SMILES string of the molecule is C=C(C)C(=O)OCCCc1ccc([S+](c2ccccc2)c2ccccc2)cc1. The number of carbonyl (C=O) groups is 1. The van der Waals surface area contributed by atoms with Gasteiger partial charge < -0.3 is 4.74 Å². The fourth-order valence-electron chi connectivity index (χ4n) is 2.88. The lowest BCUT2D eigenvalue weighted by Gasteiger charge is -2.09. The standard InChI is InChI=1S/C25H25O2S/c1-20(2)25(26)27-19-9-10-21-15-17-24(18-16-21)28(22-11-5-3-6-12-22)23-13-7-4-8-14-23/h3-8,11-18H,1,9-10,19H2,2H3/q+1. The Hall–Kier alpha value is -2.78. The fourth-order valence-corrected chi connectivity index (χ4v) is 4.96. The van der Waals surface area contributed by atoms with Crippen LogP contribution in [-0.2, 0) is 26.8 Å². The smallest absolute Gasteiger partial charge is 0.333 e. The van der Waals surface area contributed by atoms with Crippen molar-refractivity contribution < 1.29 is 9.53 Å². The maximum Gasteiger partial charge on any atom is 0.333 e. The summed E-state index contributed by atoms with van der Waals surface area (Å²) in [6.45, 7) is 5.68. The van der Waals surface area contributed by atoms with Gasteiger partial charge in [0.15, 0.2) is 14.7 Å². The molecule has 2 nitrogen and oxygen atoms in total. The van der Waals surface area contributed by atoms with Gasteiger partial charge in [-0.05, 0) is 61.7 Å². The Bertz CT molecular complexity index is 863. The van der Waals surface area contributed by atoms with Gasteiger partial charge in [-0.1, -0.05) is 55.1 Å². The van der Waals surface area contributed by atoms with E-state index in [1.165, 1.54) is 20.2 Å². The van der Waals surface area contributed by atoms with Gasteiger partial charge in [0.2, 0.25) is 0 Å². The van der Waals surface area contributed by atoms with E-state index in [4.69, 9.17) is 4.74 Å². The summed E-state index contributed by atoms with van der Waals surface area (Å²) in [6, 6.07) is 30.1. The van der Waals surface area contributed by atoms with E-state index in [0.717, 1.165) is 12.8 Å². The molecule has 0 saturated carbocycles. The predicted octanol–water partition coefficient (Wildman–Crippen LogP) is 5.83. The summed E-state index contributed by atoms with van der Waals surface area (Å²) in [5, 5.41) is 0. The maximum atomic E-state index is 11.4. The lowest BCUT2D eigenvalue weighted by Crippen LogP contribution is -2.07. The minimum absolute atomic E-state index is 0.121. The van der Waals surface area contributed by atoms with Crippen molar-refractivity contribution in [2.24, 2.45) is 0 Å². The zero-order valence-corrected chi connectivity index (χ0v) is 17.0. The van der Waals surface area contributed by atoms with Crippen LogP contribution in [0.1, 0.15) is 18.9 Å². The van der Waals surface area contributed by atoms with Crippen molar-refractivity contribution in [3.8, 4) is 0 Å². The highest BCUT2D eigenvalue weighted by Crippen LogP contribution is 2.31. The Morgan fingerprint density at radius 2 is 1.32 bits per heavy atom. The highest BCUT2D eigenvalue weighted by molar-refractivity contribution is 7.97. The summed E-state index contributed by atoms with van der Waals surface area (Å²) in [5.41, 5.74) is 1.69. The van der Waals surface area contributed by atoms with Gasteiger partial charge >= 0.3 is 5.97 Å². The Kier molecular flexibility index (Phi) is 7.10. The maximum absolute atomic E-state index is 11.4. The largest absolute Gasteiger partial charge is 0.462 e. The van der Waals surface area contributed by atoms with E-state index >= 15 is 0 Å². The van der Waals surface area contributed by atoms with Crippen LogP contribution < -0.4 is 0 Å². The molecule has 0 radical (unpaired) electrons. The molecular weight excluding hydrogens is 364 g/mol. The fraction of sp³-hybridized carbons (Fsp3) is 0.160. The molecule has 0 aliphatic rings. The van der Waals surface area contributed by atoms with E-state index < -0.39 is 0 Å². The molecule has 3 rings (SSSR count). The van der Waals surface area contributed by atoms with Gasteiger partial charge in [0.1, 0.15) is 0 Å². The van der Waals surface area contributed by atoms with E-state index in [0.29, 0.717) is 12.2 Å². The average molecular weight is 390 g/mol. The third kappa shape index (κ3) is 5.37. The molecule has 0 aromatic heterocycles. The van der Waals surface area contributed by atoms with Crippen molar-refractivity contribution in [1.29, 1.82) is 0 Å². The van der Waals surface area contributed by atoms with Crippen LogP contribution in [0.5, 0.6) is 0 Å². The molecule has 0 N–H and O–H groups in total. The first-order valence-corrected chi connectivity index (χ1v) is 10.6. The monoisotopic (exact) mass is 389 g/mol. The third-order valence-corrected chi connectivity index (χ3v) is 6.54. The highest BCUT2D eigenvalue weighted by atomic mass is 32.2. The Labute approximate surface area is 170 Å². The van der Waals surface area contributed by atoms with Crippen LogP contribution >= 0.6 is 0 Å². The molecule has 0 amide bonds. The Balaban J connectivity index is 1.71. The number of benzene rings is 3. The molecule has 0 heterocycles. The van der Waals surface area contributed by atoms with Gasteiger partial charge in [-0.15, -0.1) is 0 Å². The van der Waals surface area contributed by atoms with Gasteiger partial charge in [-0.2, -0.15) is 0 Å². The number of esters is 1. The van der Waals surface area contributed by atoms with Gasteiger partial charge in [0.05, 0.1) is 17.5 Å². The Morgan fingerprint density at radius 3 is 1.82 bits per heavy atom. The van der Waals surface area contributed by atoms with Crippen molar-refractivity contribution in [2.75, 3.05) is 6.61 Å². The molecule has 3 aromatic rings. The van der Waals surface area contributed by atoms with Crippen LogP contribution in [0.25, 0.3) is 0 Å². The van der Waals surface area contributed by atoms with Crippen molar-refractivity contribution in [3.63, 3.8) is 0 Å². The molecule has 0 spiro atoms. The molecule has 28 heavy (non-hydrogen) atoms. The van der Waals surface area contributed by atoms with Gasteiger partial charge in [0.25, 0.3) is 0 Å². The second kappa shape index (κ2) is 9.95. The topological polar surface area (TPSA) is 26.3 Å². The van der Waals surface area contributed by atoms with Gasteiger partial charge in [-0.25, -0.2) is 4.79 Å². The number of ether oxygens (including phenoxy) is 1. The second-order valence-corrected chi connectivity index (χ2v) is 8.62. The molecule has 0 bridgehead atoms. The summed E-state index contributed by atoms with van der Waals surface area (Å²) < 4.78 is 5.17. The molecule has 142 valence electrons. The van der Waals surface area contributed by atoms with E-state index in [2.05, 4.69) is 91.5 Å². The lowest BCUT2D eigenvalue weighted by molar-refractivity contribution is -0.139. The molecule has 0 unspecified atom stereocenters. The quantitative estimate of drug-likeness (QED) is 0.210. The summed E-state index contributed by atoms with van der Waals surface area (Å²) in [5.74, 6) is -0.315. The third-order valence-electron chi connectivity index (χ3n) is 4.31. The zero-order valence-electron chi connectivity index (χ0n) is 16.1. The number of hydrogen-bond donors (Lipinski definition) is 0. The second-order valence-electron chi connectivity index (χ2n) is 6.60. The average Bonchev–Trinajstić information content (AvgIpc) is 2.74. The molecule has 0 fully saturated rings. The summed E-state index contributed by atoms with van der Waals surface area (Å²) in [6.07, 6.45) is 1.69. The van der Waals surface area contributed by atoms with Crippen LogP contribution in [0, 0.1) is 0 Å². The molecule has 0 atom stereocenters. The van der Waals surface area contributed by atoms with Crippen molar-refractivity contribution in [1.82, 2.24) is 0 Å². The van der Waals surface area contributed by atoms with Crippen molar-refractivity contribution >= 4 is 16.9 Å². The molecular formula is C25H25O2S+. The molecule has 0 aliphatic carbocycles.